The molecule has 3 atom stereocenters. The molecule has 2 aliphatic rings. The third kappa shape index (κ3) is 4.76. The minimum atomic E-state index is -1.17. The van der Waals surface area contributed by atoms with Crippen molar-refractivity contribution in [3.63, 3.8) is 0 Å². The standard InChI is InChI=1S/C25H28N2O7/c1-33-22(23(29)27-13-15(28)12-21(27)24(30)31)10-11-26-25(32)34-14-20-18-8-4-2-6-16(18)17-7-3-5-9-19(17)20/h2-9,15,20-22,28H,10-14H2,1H3,(H,26,32)(H,30,31)/t15-,21-,22?/m1/s1. The summed E-state index contributed by atoms with van der Waals surface area (Å²) in [4.78, 5) is 37.6. The fraction of sp³-hybridized carbons (Fsp3) is 0.400. The minimum Gasteiger partial charge on any atom is -0.480 e. The lowest BCUT2D eigenvalue weighted by molar-refractivity contribution is -0.153. The number of likely N-dealkylation sites (tertiary alicyclic amines) is 1. The molecule has 3 N–H and O–H groups in total. The van der Waals surface area contributed by atoms with E-state index in [9.17, 15) is 24.6 Å². The van der Waals surface area contributed by atoms with Crippen molar-refractivity contribution in [2.24, 2.45) is 0 Å². The SMILES string of the molecule is COC(CCNC(=O)OCC1c2ccccc2-c2ccccc21)C(=O)N1C[C@H](O)C[C@@H]1C(=O)O. The van der Waals surface area contributed by atoms with E-state index in [4.69, 9.17) is 9.47 Å². The van der Waals surface area contributed by atoms with Gasteiger partial charge in [0.05, 0.1) is 6.10 Å². The summed E-state index contributed by atoms with van der Waals surface area (Å²) in [6, 6.07) is 15.0. The fourth-order valence-electron chi connectivity index (χ4n) is 4.77. The quantitative estimate of drug-likeness (QED) is 0.541. The number of carbonyl (C=O) groups excluding carboxylic acids is 2. The maximum Gasteiger partial charge on any atom is 0.407 e. The molecule has 2 aromatic rings. The molecule has 4 rings (SSSR count). The van der Waals surface area contributed by atoms with E-state index in [1.165, 1.54) is 7.11 Å². The smallest absolute Gasteiger partial charge is 0.407 e. The normalized spacial score (nSPS) is 19.9. The van der Waals surface area contributed by atoms with Crippen molar-refractivity contribution in [1.29, 1.82) is 0 Å². The van der Waals surface area contributed by atoms with Crippen LogP contribution in [0, 0.1) is 0 Å². The molecule has 1 heterocycles. The van der Waals surface area contributed by atoms with Crippen LogP contribution >= 0.6 is 0 Å². The van der Waals surface area contributed by atoms with Gasteiger partial charge in [0.15, 0.2) is 0 Å². The van der Waals surface area contributed by atoms with Crippen molar-refractivity contribution in [2.45, 2.75) is 37.0 Å². The van der Waals surface area contributed by atoms with Gasteiger partial charge >= 0.3 is 12.1 Å². The summed E-state index contributed by atoms with van der Waals surface area (Å²) in [5.41, 5.74) is 4.50. The molecule has 1 unspecified atom stereocenters. The number of alkyl carbamates (subject to hydrolysis) is 1. The van der Waals surface area contributed by atoms with Gasteiger partial charge < -0.3 is 29.9 Å². The summed E-state index contributed by atoms with van der Waals surface area (Å²) in [6.45, 7) is 0.225. The monoisotopic (exact) mass is 468 g/mol. The molecule has 0 radical (unpaired) electrons. The van der Waals surface area contributed by atoms with E-state index >= 15 is 0 Å². The topological polar surface area (TPSA) is 125 Å². The molecule has 1 fully saturated rings. The third-order valence-electron chi connectivity index (χ3n) is 6.43. The van der Waals surface area contributed by atoms with Crippen LogP contribution in [0.2, 0.25) is 0 Å². The number of benzene rings is 2. The number of carboxylic acids is 1. The number of ether oxygens (including phenoxy) is 2. The van der Waals surface area contributed by atoms with Crippen molar-refractivity contribution in [1.82, 2.24) is 10.2 Å². The Balaban J connectivity index is 1.29. The predicted molar refractivity (Wildman–Crippen MR) is 122 cm³/mol. The Morgan fingerprint density at radius 1 is 1.09 bits per heavy atom. The summed E-state index contributed by atoms with van der Waals surface area (Å²) in [7, 11) is 1.35. The highest BCUT2D eigenvalue weighted by Gasteiger charge is 2.41. The van der Waals surface area contributed by atoms with Gasteiger partial charge in [-0.05, 0) is 22.3 Å². The van der Waals surface area contributed by atoms with Gasteiger partial charge in [-0.1, -0.05) is 48.5 Å². The molecule has 9 heteroatoms. The number of methoxy groups -OCH3 is 1. The summed E-state index contributed by atoms with van der Waals surface area (Å²) in [5.74, 6) is -1.75. The van der Waals surface area contributed by atoms with Crippen molar-refractivity contribution in [3.05, 3.63) is 59.7 Å². The van der Waals surface area contributed by atoms with E-state index in [1.54, 1.807) is 0 Å². The summed E-state index contributed by atoms with van der Waals surface area (Å²) >= 11 is 0. The van der Waals surface area contributed by atoms with Crippen molar-refractivity contribution in [3.8, 4) is 11.1 Å². The second-order valence-corrected chi connectivity index (χ2v) is 8.50. The summed E-state index contributed by atoms with van der Waals surface area (Å²) in [5, 5.41) is 21.7. The Morgan fingerprint density at radius 3 is 2.29 bits per heavy atom. The van der Waals surface area contributed by atoms with Crippen LogP contribution in [0.15, 0.2) is 48.5 Å². The number of hydrogen-bond donors (Lipinski definition) is 3. The Hall–Kier alpha value is -3.43. The summed E-state index contributed by atoms with van der Waals surface area (Å²) < 4.78 is 10.7. The van der Waals surface area contributed by atoms with Gasteiger partial charge in [0.1, 0.15) is 18.8 Å². The molecule has 0 saturated carbocycles. The number of aliphatic carboxylic acids is 1. The molecule has 0 aromatic heterocycles. The maximum atomic E-state index is 12.7. The third-order valence-corrected chi connectivity index (χ3v) is 6.43. The van der Waals surface area contributed by atoms with Gasteiger partial charge in [-0.3, -0.25) is 4.79 Å². The number of aliphatic hydroxyl groups excluding tert-OH is 1. The molecule has 2 amide bonds. The van der Waals surface area contributed by atoms with Crippen LogP contribution in [0.25, 0.3) is 11.1 Å². The highest BCUT2D eigenvalue weighted by Crippen LogP contribution is 2.44. The van der Waals surface area contributed by atoms with E-state index in [1.807, 2.05) is 36.4 Å². The van der Waals surface area contributed by atoms with Crippen LogP contribution < -0.4 is 5.32 Å². The number of hydrogen-bond acceptors (Lipinski definition) is 6. The Labute approximate surface area is 197 Å². The number of nitrogens with one attached hydrogen (secondary N) is 1. The average Bonchev–Trinajstić information content (AvgIpc) is 3.38. The van der Waals surface area contributed by atoms with Gasteiger partial charge in [-0.25, -0.2) is 9.59 Å². The van der Waals surface area contributed by atoms with E-state index in [2.05, 4.69) is 17.4 Å². The van der Waals surface area contributed by atoms with Crippen molar-refractivity contribution < 1.29 is 34.1 Å². The first-order valence-electron chi connectivity index (χ1n) is 11.2. The molecular weight excluding hydrogens is 440 g/mol. The van der Waals surface area contributed by atoms with Crippen molar-refractivity contribution in [2.75, 3.05) is 26.8 Å². The maximum absolute atomic E-state index is 12.7. The Kier molecular flexibility index (Phi) is 7.14. The highest BCUT2D eigenvalue weighted by molar-refractivity contribution is 5.87. The average molecular weight is 469 g/mol. The zero-order valence-corrected chi connectivity index (χ0v) is 18.8. The number of fused-ring (bicyclic) bond motifs is 3. The highest BCUT2D eigenvalue weighted by atomic mass is 16.5. The Morgan fingerprint density at radius 2 is 1.71 bits per heavy atom. The number of aliphatic hydroxyl groups is 1. The van der Waals surface area contributed by atoms with Crippen molar-refractivity contribution >= 4 is 18.0 Å². The number of carboxylic acid groups (broad SMARTS) is 1. The second kappa shape index (κ2) is 10.2. The van der Waals surface area contributed by atoms with E-state index in [0.29, 0.717) is 0 Å². The van der Waals surface area contributed by atoms with Gasteiger partial charge in [0.2, 0.25) is 0 Å². The molecular formula is C25H28N2O7. The minimum absolute atomic E-state index is 0.0183. The first-order chi connectivity index (χ1) is 16.4. The lowest BCUT2D eigenvalue weighted by Crippen LogP contribution is -2.47. The van der Waals surface area contributed by atoms with E-state index < -0.39 is 36.2 Å². The molecule has 1 aliphatic carbocycles. The van der Waals surface area contributed by atoms with Gasteiger partial charge in [-0.15, -0.1) is 0 Å². The number of carbonyl (C=O) groups is 3. The molecule has 0 bridgehead atoms. The van der Waals surface area contributed by atoms with Crippen LogP contribution in [-0.4, -0.2) is 78.1 Å². The van der Waals surface area contributed by atoms with Gasteiger partial charge in [-0.2, -0.15) is 0 Å². The molecule has 2 aromatic carbocycles. The second-order valence-electron chi connectivity index (χ2n) is 8.50. The lowest BCUT2D eigenvalue weighted by Gasteiger charge is -2.25. The van der Waals surface area contributed by atoms with Gasteiger partial charge in [0, 0.05) is 39.0 Å². The first kappa shape index (κ1) is 23.7. The molecule has 180 valence electrons. The van der Waals surface area contributed by atoms with E-state index in [-0.39, 0.29) is 38.5 Å². The van der Waals surface area contributed by atoms with E-state index in [0.717, 1.165) is 27.2 Å². The number of β-amino-alcohol motifs (C(OH)–C–C–N with tert-alkyl or cyclic N) is 1. The fourth-order valence-corrected chi connectivity index (χ4v) is 4.77. The largest absolute Gasteiger partial charge is 0.480 e. The Bertz CT molecular complexity index is 1030. The van der Waals surface area contributed by atoms with Crippen LogP contribution in [-0.2, 0) is 19.1 Å². The molecule has 1 saturated heterocycles. The zero-order chi connectivity index (χ0) is 24.2. The zero-order valence-electron chi connectivity index (χ0n) is 18.8. The summed E-state index contributed by atoms with van der Waals surface area (Å²) in [6.07, 6.45) is -2.32. The number of nitrogens with zero attached hydrogens (tertiary/aromatic N) is 1. The van der Waals surface area contributed by atoms with Crippen LogP contribution in [0.1, 0.15) is 29.9 Å². The lowest BCUT2D eigenvalue weighted by atomic mass is 9.98. The number of amides is 2. The first-order valence-corrected chi connectivity index (χ1v) is 11.2. The number of rotatable bonds is 8. The molecule has 9 nitrogen and oxygen atoms in total. The molecule has 0 spiro atoms. The molecule has 1 aliphatic heterocycles. The predicted octanol–water partition coefficient (Wildman–Crippen LogP) is 1.98. The van der Waals surface area contributed by atoms with Crippen LogP contribution in [0.3, 0.4) is 0 Å². The van der Waals surface area contributed by atoms with Gasteiger partial charge in [0.25, 0.3) is 5.91 Å². The van der Waals surface area contributed by atoms with Crippen LogP contribution in [0.4, 0.5) is 4.79 Å². The van der Waals surface area contributed by atoms with Crippen LogP contribution in [0.5, 0.6) is 0 Å². The molecule has 34 heavy (non-hydrogen) atoms.